The van der Waals surface area contributed by atoms with E-state index in [0.29, 0.717) is 0 Å². The molecule has 64 valence electrons. The van der Waals surface area contributed by atoms with Crippen molar-refractivity contribution in [3.8, 4) is 0 Å². The van der Waals surface area contributed by atoms with Gasteiger partial charge in [-0.15, -0.1) is 0 Å². The van der Waals surface area contributed by atoms with Crippen LogP contribution < -0.4 is 0 Å². The van der Waals surface area contributed by atoms with Gasteiger partial charge in [0.2, 0.25) is 0 Å². The molecule has 0 aliphatic heterocycles. The fourth-order valence-corrected chi connectivity index (χ4v) is 0.675. The summed E-state index contributed by atoms with van der Waals surface area (Å²) in [6, 6.07) is 3.99. The lowest BCUT2D eigenvalue weighted by molar-refractivity contribution is 0.489. The Morgan fingerprint density at radius 2 is 1.73 bits per heavy atom. The number of furan rings is 1. The summed E-state index contributed by atoms with van der Waals surface area (Å²) in [4.78, 5) is 0. The molecular formula is C10H18O. The summed E-state index contributed by atoms with van der Waals surface area (Å²) < 4.78 is 5.23. The zero-order chi connectivity index (χ0) is 8.69. The van der Waals surface area contributed by atoms with Crippen molar-refractivity contribution in [2.45, 2.75) is 40.5 Å². The van der Waals surface area contributed by atoms with Crippen molar-refractivity contribution < 1.29 is 4.42 Å². The van der Waals surface area contributed by atoms with Crippen LogP contribution in [0, 0.1) is 6.92 Å². The van der Waals surface area contributed by atoms with E-state index in [4.69, 9.17) is 4.42 Å². The number of hydrogen-bond acceptors (Lipinski definition) is 1. The summed E-state index contributed by atoms with van der Waals surface area (Å²) in [5, 5.41) is 0. The van der Waals surface area contributed by atoms with Gasteiger partial charge in [-0.1, -0.05) is 27.2 Å². The predicted molar refractivity (Wildman–Crippen MR) is 48.8 cm³/mol. The maximum Gasteiger partial charge on any atom is 0.103 e. The van der Waals surface area contributed by atoms with Gasteiger partial charge in [-0.25, -0.2) is 0 Å². The van der Waals surface area contributed by atoms with Crippen molar-refractivity contribution in [2.24, 2.45) is 0 Å². The molecule has 0 N–H and O–H groups in total. The molecule has 1 rings (SSSR count). The van der Waals surface area contributed by atoms with Crippen LogP contribution in [-0.4, -0.2) is 0 Å². The summed E-state index contributed by atoms with van der Waals surface area (Å²) in [6.07, 6.45) is 2.24. The molecular weight excluding hydrogens is 136 g/mol. The fourth-order valence-electron chi connectivity index (χ4n) is 0.675. The van der Waals surface area contributed by atoms with Crippen LogP contribution in [0.15, 0.2) is 16.5 Å². The molecule has 0 amide bonds. The van der Waals surface area contributed by atoms with Crippen LogP contribution in [0.4, 0.5) is 0 Å². The first-order valence-corrected chi connectivity index (χ1v) is 4.29. The van der Waals surface area contributed by atoms with Crippen LogP contribution in [-0.2, 0) is 6.42 Å². The molecule has 0 bridgehead atoms. The van der Waals surface area contributed by atoms with E-state index in [9.17, 15) is 0 Å². The van der Waals surface area contributed by atoms with Crippen molar-refractivity contribution in [3.05, 3.63) is 23.7 Å². The van der Waals surface area contributed by atoms with Crippen LogP contribution in [0.25, 0.3) is 0 Å². The molecule has 0 aliphatic rings. The first kappa shape index (κ1) is 10.3. The standard InChI is InChI=1S/C7H10O.C3H8/c1-3-7-5-4-6(2)8-7;1-3-2/h4-5H,3H2,1-2H3;3H2,1-2H3. The van der Waals surface area contributed by atoms with Crippen molar-refractivity contribution in [2.75, 3.05) is 0 Å². The van der Waals surface area contributed by atoms with E-state index in [1.54, 1.807) is 0 Å². The molecule has 0 unspecified atom stereocenters. The minimum absolute atomic E-state index is 0.994. The molecule has 0 aliphatic carbocycles. The Balaban J connectivity index is 0.000000292. The van der Waals surface area contributed by atoms with Crippen LogP contribution >= 0.6 is 0 Å². The Morgan fingerprint density at radius 3 is 1.91 bits per heavy atom. The van der Waals surface area contributed by atoms with E-state index in [0.717, 1.165) is 17.9 Å². The van der Waals surface area contributed by atoms with Gasteiger partial charge in [0, 0.05) is 6.42 Å². The largest absolute Gasteiger partial charge is 0.466 e. The Hall–Kier alpha value is -0.720. The molecule has 1 aromatic rings. The van der Waals surface area contributed by atoms with Gasteiger partial charge in [-0.3, -0.25) is 0 Å². The predicted octanol–water partition coefficient (Wildman–Crippen LogP) is 3.57. The second-order valence-electron chi connectivity index (χ2n) is 2.57. The molecule has 0 fully saturated rings. The Kier molecular flexibility index (Phi) is 5.63. The highest BCUT2D eigenvalue weighted by Gasteiger charge is 1.91. The Morgan fingerprint density at radius 1 is 1.18 bits per heavy atom. The van der Waals surface area contributed by atoms with Gasteiger partial charge in [-0.05, 0) is 19.1 Å². The molecule has 0 aromatic carbocycles. The first-order chi connectivity index (χ1) is 5.24. The summed E-state index contributed by atoms with van der Waals surface area (Å²) >= 11 is 0. The smallest absolute Gasteiger partial charge is 0.103 e. The fraction of sp³-hybridized carbons (Fsp3) is 0.600. The molecule has 0 spiro atoms. The van der Waals surface area contributed by atoms with E-state index < -0.39 is 0 Å². The normalized spacial score (nSPS) is 8.73. The van der Waals surface area contributed by atoms with Crippen LogP contribution in [0.2, 0.25) is 0 Å². The van der Waals surface area contributed by atoms with Crippen molar-refractivity contribution >= 4 is 0 Å². The lowest BCUT2D eigenvalue weighted by Crippen LogP contribution is -1.67. The Labute approximate surface area is 69.4 Å². The minimum atomic E-state index is 0.994. The first-order valence-electron chi connectivity index (χ1n) is 4.29. The summed E-state index contributed by atoms with van der Waals surface area (Å²) in [5.41, 5.74) is 0. The van der Waals surface area contributed by atoms with Gasteiger partial charge >= 0.3 is 0 Å². The second-order valence-corrected chi connectivity index (χ2v) is 2.57. The number of rotatable bonds is 1. The summed E-state index contributed by atoms with van der Waals surface area (Å²) in [7, 11) is 0. The molecule has 1 nitrogen and oxygen atoms in total. The van der Waals surface area contributed by atoms with E-state index in [1.807, 2.05) is 19.1 Å². The number of hydrogen-bond donors (Lipinski definition) is 0. The van der Waals surface area contributed by atoms with Gasteiger partial charge in [-0.2, -0.15) is 0 Å². The highest BCUT2D eigenvalue weighted by Crippen LogP contribution is 2.05. The lowest BCUT2D eigenvalue weighted by atomic mass is 10.4. The molecule has 0 saturated carbocycles. The third kappa shape index (κ3) is 4.65. The zero-order valence-corrected chi connectivity index (χ0v) is 7.98. The minimum Gasteiger partial charge on any atom is -0.466 e. The lowest BCUT2D eigenvalue weighted by Gasteiger charge is -1.83. The molecule has 0 saturated heterocycles. The van der Waals surface area contributed by atoms with Crippen LogP contribution in [0.1, 0.15) is 38.7 Å². The molecule has 1 aromatic heterocycles. The van der Waals surface area contributed by atoms with Gasteiger partial charge in [0.15, 0.2) is 0 Å². The van der Waals surface area contributed by atoms with E-state index >= 15 is 0 Å². The monoisotopic (exact) mass is 154 g/mol. The highest BCUT2D eigenvalue weighted by atomic mass is 16.3. The van der Waals surface area contributed by atoms with E-state index in [2.05, 4.69) is 20.8 Å². The van der Waals surface area contributed by atoms with Gasteiger partial charge in [0.1, 0.15) is 11.5 Å². The summed E-state index contributed by atoms with van der Waals surface area (Å²) in [5.74, 6) is 2.07. The number of aryl methyl sites for hydroxylation is 2. The van der Waals surface area contributed by atoms with Crippen LogP contribution in [0.5, 0.6) is 0 Å². The molecule has 11 heavy (non-hydrogen) atoms. The highest BCUT2D eigenvalue weighted by molar-refractivity contribution is 5.04. The SMILES string of the molecule is CCC.CCc1ccc(C)o1. The average Bonchev–Trinajstić information content (AvgIpc) is 2.37. The second kappa shape index (κ2) is 6.02. The third-order valence-electron chi connectivity index (χ3n) is 1.14. The van der Waals surface area contributed by atoms with Gasteiger partial charge in [0.05, 0.1) is 0 Å². The maximum atomic E-state index is 5.23. The van der Waals surface area contributed by atoms with E-state index in [-0.39, 0.29) is 0 Å². The topological polar surface area (TPSA) is 13.1 Å². The quantitative estimate of drug-likeness (QED) is 0.602. The van der Waals surface area contributed by atoms with Crippen molar-refractivity contribution in [3.63, 3.8) is 0 Å². The third-order valence-corrected chi connectivity index (χ3v) is 1.14. The Bertz CT molecular complexity index is 177. The van der Waals surface area contributed by atoms with Crippen LogP contribution in [0.3, 0.4) is 0 Å². The molecule has 1 heterocycles. The van der Waals surface area contributed by atoms with Gasteiger partial charge in [0.25, 0.3) is 0 Å². The molecule has 0 radical (unpaired) electrons. The van der Waals surface area contributed by atoms with Gasteiger partial charge < -0.3 is 4.42 Å². The zero-order valence-electron chi connectivity index (χ0n) is 7.98. The van der Waals surface area contributed by atoms with Crippen molar-refractivity contribution in [1.82, 2.24) is 0 Å². The summed E-state index contributed by atoms with van der Waals surface area (Å²) in [6.45, 7) is 8.29. The van der Waals surface area contributed by atoms with E-state index in [1.165, 1.54) is 6.42 Å². The molecule has 1 heteroatoms. The molecule has 0 atom stereocenters. The average molecular weight is 154 g/mol. The maximum absolute atomic E-state index is 5.23. The van der Waals surface area contributed by atoms with Crippen molar-refractivity contribution in [1.29, 1.82) is 0 Å².